The second kappa shape index (κ2) is 9.62. The van der Waals surface area contributed by atoms with Gasteiger partial charge in [-0.1, -0.05) is 6.07 Å². The van der Waals surface area contributed by atoms with Crippen molar-refractivity contribution in [3.8, 4) is 11.5 Å². The van der Waals surface area contributed by atoms with Gasteiger partial charge in [-0.3, -0.25) is 14.9 Å². The third kappa shape index (κ3) is 5.16. The molecule has 2 amide bonds. The maximum atomic E-state index is 12.5. The zero-order chi connectivity index (χ0) is 23.5. The van der Waals surface area contributed by atoms with E-state index in [0.29, 0.717) is 28.5 Å². The molecule has 0 saturated heterocycles. The molecule has 33 heavy (non-hydrogen) atoms. The molecule has 1 atom stereocenters. The summed E-state index contributed by atoms with van der Waals surface area (Å²) in [6.07, 6.45) is 1.62. The van der Waals surface area contributed by atoms with Gasteiger partial charge in [0.25, 0.3) is 5.91 Å². The molecule has 2 N–H and O–H groups in total. The van der Waals surface area contributed by atoms with Crippen LogP contribution in [-0.2, 0) is 9.59 Å². The van der Waals surface area contributed by atoms with Crippen LogP contribution in [0.25, 0.3) is 0 Å². The quantitative estimate of drug-likeness (QED) is 0.494. The standard InChI is InChI=1S/C23H24BrN5O4/c1-4-32-19-9-15(18-10-20(30)28-23-25-12-26-29(18)23)8-17(24)22(19)33-11-21(31)27-16-6-13(2)5-14(3)7-16/h5-9,12,18H,4,10-11H2,1-3H3,(H,27,31)(H,25,26,28,30)/t18-/m1/s1. The van der Waals surface area contributed by atoms with Crippen LogP contribution in [0.4, 0.5) is 11.6 Å². The molecule has 0 radical (unpaired) electrons. The lowest BCUT2D eigenvalue weighted by atomic mass is 10.0. The van der Waals surface area contributed by atoms with Crippen LogP contribution >= 0.6 is 15.9 Å². The third-order valence-corrected chi connectivity index (χ3v) is 5.66. The van der Waals surface area contributed by atoms with Gasteiger partial charge in [0.05, 0.1) is 23.5 Å². The molecule has 2 heterocycles. The van der Waals surface area contributed by atoms with Crippen LogP contribution in [0.1, 0.15) is 36.1 Å². The molecule has 172 valence electrons. The number of aryl methyl sites for hydroxylation is 2. The van der Waals surface area contributed by atoms with Gasteiger partial charge in [-0.25, -0.2) is 4.68 Å². The number of carbonyl (C=O) groups excluding carboxylic acids is 2. The highest BCUT2D eigenvalue weighted by atomic mass is 79.9. The summed E-state index contributed by atoms with van der Waals surface area (Å²) in [6.45, 7) is 6.03. The maximum Gasteiger partial charge on any atom is 0.262 e. The van der Waals surface area contributed by atoms with E-state index >= 15 is 0 Å². The number of hydrogen-bond acceptors (Lipinski definition) is 6. The minimum absolute atomic E-state index is 0.141. The smallest absolute Gasteiger partial charge is 0.262 e. The molecule has 0 spiro atoms. The van der Waals surface area contributed by atoms with E-state index in [4.69, 9.17) is 9.47 Å². The van der Waals surface area contributed by atoms with Crippen LogP contribution < -0.4 is 20.1 Å². The van der Waals surface area contributed by atoms with Gasteiger partial charge in [0.2, 0.25) is 11.9 Å². The Labute approximate surface area is 199 Å². The molecule has 0 bridgehead atoms. The summed E-state index contributed by atoms with van der Waals surface area (Å²) >= 11 is 3.53. The molecule has 0 fully saturated rings. The number of aromatic nitrogens is 3. The summed E-state index contributed by atoms with van der Waals surface area (Å²) in [6, 6.07) is 9.15. The van der Waals surface area contributed by atoms with Crippen molar-refractivity contribution >= 4 is 39.4 Å². The van der Waals surface area contributed by atoms with Gasteiger partial charge in [-0.15, -0.1) is 0 Å². The second-order valence-corrected chi connectivity index (χ2v) is 8.63. The Morgan fingerprint density at radius 1 is 1.21 bits per heavy atom. The Balaban J connectivity index is 1.54. The number of nitrogens with one attached hydrogen (secondary N) is 2. The fraction of sp³-hybridized carbons (Fsp3) is 0.304. The molecule has 9 nitrogen and oxygen atoms in total. The van der Waals surface area contributed by atoms with E-state index in [-0.39, 0.29) is 30.9 Å². The molecule has 4 rings (SSSR count). The number of benzene rings is 2. The van der Waals surface area contributed by atoms with Crippen molar-refractivity contribution in [2.75, 3.05) is 23.8 Å². The summed E-state index contributed by atoms with van der Waals surface area (Å²) in [7, 11) is 0. The normalized spacial score (nSPS) is 14.9. The highest BCUT2D eigenvalue weighted by molar-refractivity contribution is 9.10. The molecular weight excluding hydrogens is 490 g/mol. The molecule has 10 heteroatoms. The molecule has 0 aliphatic carbocycles. The van der Waals surface area contributed by atoms with E-state index < -0.39 is 0 Å². The van der Waals surface area contributed by atoms with Crippen molar-refractivity contribution in [1.82, 2.24) is 14.8 Å². The lowest BCUT2D eigenvalue weighted by molar-refractivity contribution is -0.118. The number of amides is 2. The van der Waals surface area contributed by atoms with E-state index in [9.17, 15) is 9.59 Å². The van der Waals surface area contributed by atoms with E-state index in [0.717, 1.165) is 22.4 Å². The number of rotatable bonds is 7. The van der Waals surface area contributed by atoms with Crippen LogP contribution in [0, 0.1) is 13.8 Å². The lowest BCUT2D eigenvalue weighted by Gasteiger charge is -2.25. The molecule has 2 aromatic carbocycles. The maximum absolute atomic E-state index is 12.5. The number of nitrogens with zero attached hydrogens (tertiary/aromatic N) is 3. The average Bonchev–Trinajstić information content (AvgIpc) is 3.20. The largest absolute Gasteiger partial charge is 0.490 e. The zero-order valence-corrected chi connectivity index (χ0v) is 20.1. The average molecular weight is 514 g/mol. The van der Waals surface area contributed by atoms with Gasteiger partial charge in [0, 0.05) is 5.69 Å². The van der Waals surface area contributed by atoms with Gasteiger partial charge in [0.1, 0.15) is 6.33 Å². The first-order chi connectivity index (χ1) is 15.8. The van der Waals surface area contributed by atoms with Gasteiger partial charge >= 0.3 is 0 Å². The summed E-state index contributed by atoms with van der Waals surface area (Å²) < 4.78 is 13.9. The number of ether oxygens (including phenoxy) is 2. The van der Waals surface area contributed by atoms with Gasteiger partial charge in [-0.2, -0.15) is 10.1 Å². The van der Waals surface area contributed by atoms with Crippen LogP contribution in [0.5, 0.6) is 11.5 Å². The van der Waals surface area contributed by atoms with Gasteiger partial charge in [-0.05, 0) is 77.7 Å². The van der Waals surface area contributed by atoms with E-state index in [1.807, 2.05) is 45.0 Å². The van der Waals surface area contributed by atoms with Crippen molar-refractivity contribution in [3.05, 3.63) is 57.8 Å². The summed E-state index contributed by atoms with van der Waals surface area (Å²) in [5.74, 6) is 0.852. The molecule has 1 aromatic heterocycles. The highest BCUT2D eigenvalue weighted by Crippen LogP contribution is 2.40. The number of carbonyl (C=O) groups is 2. The topological polar surface area (TPSA) is 107 Å². The minimum Gasteiger partial charge on any atom is -0.490 e. The van der Waals surface area contributed by atoms with Crippen LogP contribution in [-0.4, -0.2) is 39.8 Å². The first kappa shape index (κ1) is 22.8. The Kier molecular flexibility index (Phi) is 6.64. The van der Waals surface area contributed by atoms with Crippen molar-refractivity contribution in [2.24, 2.45) is 0 Å². The first-order valence-corrected chi connectivity index (χ1v) is 11.3. The minimum atomic E-state index is -0.339. The highest BCUT2D eigenvalue weighted by Gasteiger charge is 2.29. The van der Waals surface area contributed by atoms with Gasteiger partial charge in [0.15, 0.2) is 18.1 Å². The SMILES string of the molecule is CCOc1cc([C@H]2CC(=O)Nc3ncnn32)cc(Br)c1OCC(=O)Nc1cc(C)cc(C)c1. The summed E-state index contributed by atoms with van der Waals surface area (Å²) in [4.78, 5) is 28.7. The van der Waals surface area contributed by atoms with Crippen molar-refractivity contribution in [3.63, 3.8) is 0 Å². The Bertz CT molecular complexity index is 1190. The van der Waals surface area contributed by atoms with Crippen molar-refractivity contribution < 1.29 is 19.1 Å². The third-order valence-electron chi connectivity index (χ3n) is 5.07. The number of fused-ring (bicyclic) bond motifs is 1. The Morgan fingerprint density at radius 2 is 1.97 bits per heavy atom. The van der Waals surface area contributed by atoms with Crippen LogP contribution in [0.15, 0.2) is 41.1 Å². The number of halogens is 1. The fourth-order valence-electron chi connectivity index (χ4n) is 3.83. The summed E-state index contributed by atoms with van der Waals surface area (Å²) in [5.41, 5.74) is 3.66. The molecule has 1 aliphatic rings. The molecule has 0 unspecified atom stereocenters. The molecule has 0 saturated carbocycles. The van der Waals surface area contributed by atoms with Crippen molar-refractivity contribution in [2.45, 2.75) is 33.2 Å². The summed E-state index contributed by atoms with van der Waals surface area (Å²) in [5, 5.41) is 9.80. The predicted molar refractivity (Wildman–Crippen MR) is 127 cm³/mol. The van der Waals surface area contributed by atoms with Gasteiger partial charge < -0.3 is 14.8 Å². The number of anilines is 2. The molecule has 1 aliphatic heterocycles. The molecule has 3 aromatic rings. The van der Waals surface area contributed by atoms with Crippen molar-refractivity contribution in [1.29, 1.82) is 0 Å². The van der Waals surface area contributed by atoms with E-state index in [1.54, 1.807) is 10.7 Å². The van der Waals surface area contributed by atoms with E-state index in [1.165, 1.54) is 6.33 Å². The lowest BCUT2D eigenvalue weighted by Crippen LogP contribution is -2.29. The van der Waals surface area contributed by atoms with Crippen LogP contribution in [0.3, 0.4) is 0 Å². The van der Waals surface area contributed by atoms with E-state index in [2.05, 4.69) is 36.6 Å². The fourth-order valence-corrected chi connectivity index (χ4v) is 4.40. The van der Waals surface area contributed by atoms with Crippen LogP contribution in [0.2, 0.25) is 0 Å². The monoisotopic (exact) mass is 513 g/mol. The molecular formula is C23H24BrN5O4. The Morgan fingerprint density at radius 3 is 2.70 bits per heavy atom. The second-order valence-electron chi connectivity index (χ2n) is 7.77. The Hall–Kier alpha value is -3.40. The first-order valence-electron chi connectivity index (χ1n) is 10.5. The predicted octanol–water partition coefficient (Wildman–Crippen LogP) is 4.01. The zero-order valence-electron chi connectivity index (χ0n) is 18.5. The number of hydrogen-bond donors (Lipinski definition) is 2.